The summed E-state index contributed by atoms with van der Waals surface area (Å²) < 4.78 is 0. The molecular formula is C12H12N2O3. The molecule has 0 bridgehead atoms. The first-order valence-electron chi connectivity index (χ1n) is 5.07. The van der Waals surface area contributed by atoms with Crippen LogP contribution in [0.4, 0.5) is 0 Å². The van der Waals surface area contributed by atoms with Crippen LogP contribution < -0.4 is 0 Å². The maximum absolute atomic E-state index is 11.9. The number of H-pyrrole nitrogens is 1. The molecule has 1 heterocycles. The third-order valence-corrected chi connectivity index (χ3v) is 2.51. The molecule has 0 radical (unpaired) electrons. The predicted molar refractivity (Wildman–Crippen MR) is 63.0 cm³/mol. The van der Waals surface area contributed by atoms with Gasteiger partial charge in [-0.3, -0.25) is 9.59 Å². The summed E-state index contributed by atoms with van der Waals surface area (Å²) in [5.74, 6) is -1.12. The lowest BCUT2D eigenvalue weighted by Gasteiger charge is -2.07. The third-order valence-electron chi connectivity index (χ3n) is 2.51. The molecule has 1 aromatic carbocycles. The van der Waals surface area contributed by atoms with Crippen molar-refractivity contribution < 1.29 is 14.7 Å². The number of likely N-dealkylation sites (N-methyl/N-ethyl adjacent to an activating group) is 1. The molecule has 0 saturated carbocycles. The number of aromatic hydroxyl groups is 1. The molecule has 1 amide bonds. The number of amides is 1. The zero-order valence-electron chi connectivity index (χ0n) is 9.52. The minimum Gasteiger partial charge on any atom is -0.508 e. The van der Waals surface area contributed by atoms with E-state index in [1.54, 1.807) is 6.07 Å². The first-order chi connectivity index (χ1) is 8.00. The van der Waals surface area contributed by atoms with Crippen molar-refractivity contribution >= 4 is 22.6 Å². The zero-order valence-corrected chi connectivity index (χ0v) is 9.52. The predicted octanol–water partition coefficient (Wildman–Crippen LogP) is 1.14. The summed E-state index contributed by atoms with van der Waals surface area (Å²) in [7, 11) is 3.04. The number of phenols is 1. The van der Waals surface area contributed by atoms with E-state index in [1.807, 2.05) is 0 Å². The number of Topliss-reactive ketones (excluding diaryl/α,β-unsaturated/α-hetero) is 1. The van der Waals surface area contributed by atoms with Crippen LogP contribution in [0.2, 0.25) is 0 Å². The van der Waals surface area contributed by atoms with Crippen molar-refractivity contribution in [3.05, 3.63) is 30.0 Å². The summed E-state index contributed by atoms with van der Waals surface area (Å²) in [5.41, 5.74) is 0.979. The number of benzene rings is 1. The number of hydrogen-bond acceptors (Lipinski definition) is 3. The monoisotopic (exact) mass is 232 g/mol. The smallest absolute Gasteiger partial charge is 0.294 e. The van der Waals surface area contributed by atoms with Gasteiger partial charge in [-0.15, -0.1) is 0 Å². The minimum absolute atomic E-state index is 0.0588. The van der Waals surface area contributed by atoms with Gasteiger partial charge >= 0.3 is 0 Å². The Hall–Kier alpha value is -2.30. The first kappa shape index (κ1) is 11.2. The summed E-state index contributed by atoms with van der Waals surface area (Å²) in [6.45, 7) is 0. The number of aromatic nitrogens is 1. The van der Waals surface area contributed by atoms with E-state index in [2.05, 4.69) is 4.98 Å². The summed E-state index contributed by atoms with van der Waals surface area (Å²) in [6, 6.07) is 4.63. The van der Waals surface area contributed by atoms with Gasteiger partial charge in [0, 0.05) is 31.2 Å². The molecule has 5 nitrogen and oxygen atoms in total. The van der Waals surface area contributed by atoms with Crippen molar-refractivity contribution in [3.63, 3.8) is 0 Å². The van der Waals surface area contributed by atoms with Crippen LogP contribution >= 0.6 is 0 Å². The van der Waals surface area contributed by atoms with Gasteiger partial charge in [-0.25, -0.2) is 0 Å². The Morgan fingerprint density at radius 3 is 2.65 bits per heavy atom. The summed E-state index contributed by atoms with van der Waals surface area (Å²) in [6.07, 6.45) is 1.48. The molecule has 0 fully saturated rings. The second-order valence-electron chi connectivity index (χ2n) is 3.96. The van der Waals surface area contributed by atoms with Gasteiger partial charge in [-0.2, -0.15) is 0 Å². The van der Waals surface area contributed by atoms with E-state index in [9.17, 15) is 14.7 Å². The van der Waals surface area contributed by atoms with Crippen LogP contribution in [0, 0.1) is 0 Å². The number of carbonyl (C=O) groups is 2. The van der Waals surface area contributed by atoms with Crippen molar-refractivity contribution in [1.29, 1.82) is 0 Å². The number of rotatable bonds is 2. The van der Waals surface area contributed by atoms with Crippen LogP contribution in [0.5, 0.6) is 5.75 Å². The summed E-state index contributed by atoms with van der Waals surface area (Å²) in [4.78, 5) is 27.6. The second kappa shape index (κ2) is 3.93. The van der Waals surface area contributed by atoms with Crippen LogP contribution in [0.3, 0.4) is 0 Å². The molecule has 0 atom stereocenters. The highest BCUT2D eigenvalue weighted by molar-refractivity contribution is 6.44. The number of ketones is 1. The van der Waals surface area contributed by atoms with E-state index in [4.69, 9.17) is 0 Å². The minimum atomic E-state index is -0.591. The van der Waals surface area contributed by atoms with Crippen molar-refractivity contribution in [3.8, 4) is 5.75 Å². The number of nitrogens with zero attached hydrogens (tertiary/aromatic N) is 1. The Morgan fingerprint density at radius 1 is 1.29 bits per heavy atom. The van der Waals surface area contributed by atoms with Crippen molar-refractivity contribution in [2.24, 2.45) is 0 Å². The van der Waals surface area contributed by atoms with Crippen LogP contribution in [-0.2, 0) is 4.79 Å². The maximum atomic E-state index is 11.9. The molecule has 2 aromatic rings. The fourth-order valence-electron chi connectivity index (χ4n) is 1.61. The lowest BCUT2D eigenvalue weighted by Crippen LogP contribution is -2.29. The maximum Gasteiger partial charge on any atom is 0.294 e. The van der Waals surface area contributed by atoms with Gasteiger partial charge in [0.1, 0.15) is 5.75 Å². The third kappa shape index (κ3) is 1.87. The zero-order chi connectivity index (χ0) is 12.6. The summed E-state index contributed by atoms with van der Waals surface area (Å²) in [5, 5.41) is 9.93. The van der Waals surface area contributed by atoms with Gasteiger partial charge in [0.2, 0.25) is 0 Å². The molecule has 0 aliphatic heterocycles. The van der Waals surface area contributed by atoms with Crippen molar-refractivity contribution in [2.45, 2.75) is 0 Å². The Morgan fingerprint density at radius 2 is 2.00 bits per heavy atom. The quantitative estimate of drug-likeness (QED) is 0.602. The molecule has 88 valence electrons. The van der Waals surface area contributed by atoms with Crippen LogP contribution in [0.15, 0.2) is 24.4 Å². The molecule has 1 aromatic heterocycles. The Balaban J connectivity index is 2.53. The van der Waals surface area contributed by atoms with Gasteiger partial charge in [0.15, 0.2) is 0 Å². The van der Waals surface area contributed by atoms with Crippen molar-refractivity contribution in [2.75, 3.05) is 14.1 Å². The number of carbonyl (C=O) groups excluding carboxylic acids is 2. The highest BCUT2D eigenvalue weighted by atomic mass is 16.3. The van der Waals surface area contributed by atoms with E-state index < -0.39 is 11.7 Å². The average molecular weight is 232 g/mol. The fourth-order valence-corrected chi connectivity index (χ4v) is 1.61. The van der Waals surface area contributed by atoms with E-state index in [0.29, 0.717) is 10.9 Å². The standard InChI is InChI=1S/C12H12N2O3/c1-14(2)12(17)11(16)9-6-13-10-4-3-7(15)5-8(9)10/h3-6,13,15H,1-2H3. The van der Waals surface area contributed by atoms with E-state index in [0.717, 1.165) is 0 Å². The van der Waals surface area contributed by atoms with E-state index in [-0.39, 0.29) is 11.3 Å². The summed E-state index contributed by atoms with van der Waals surface area (Å²) >= 11 is 0. The second-order valence-corrected chi connectivity index (χ2v) is 3.96. The molecule has 0 saturated heterocycles. The topological polar surface area (TPSA) is 73.4 Å². The SMILES string of the molecule is CN(C)C(=O)C(=O)c1c[nH]c2ccc(O)cc12. The van der Waals surface area contributed by atoms with E-state index >= 15 is 0 Å². The van der Waals surface area contributed by atoms with Gasteiger partial charge in [0.05, 0.1) is 5.56 Å². The van der Waals surface area contributed by atoms with Crippen LogP contribution in [0.25, 0.3) is 10.9 Å². The van der Waals surface area contributed by atoms with Crippen LogP contribution in [0.1, 0.15) is 10.4 Å². The number of hydrogen-bond donors (Lipinski definition) is 2. The molecule has 5 heteroatoms. The fraction of sp³-hybridized carbons (Fsp3) is 0.167. The van der Waals surface area contributed by atoms with Crippen molar-refractivity contribution in [1.82, 2.24) is 9.88 Å². The van der Waals surface area contributed by atoms with Gasteiger partial charge in [0.25, 0.3) is 11.7 Å². The Labute approximate surface area is 97.7 Å². The molecule has 17 heavy (non-hydrogen) atoms. The number of fused-ring (bicyclic) bond motifs is 1. The molecule has 0 unspecified atom stereocenters. The lowest BCUT2D eigenvalue weighted by atomic mass is 10.1. The van der Waals surface area contributed by atoms with Gasteiger partial charge < -0.3 is 15.0 Å². The average Bonchev–Trinajstić information content (AvgIpc) is 2.69. The first-order valence-corrected chi connectivity index (χ1v) is 5.07. The number of phenolic OH excluding ortho intramolecular Hbond substituents is 1. The highest BCUT2D eigenvalue weighted by Gasteiger charge is 2.21. The molecule has 0 spiro atoms. The Kier molecular flexibility index (Phi) is 2.59. The van der Waals surface area contributed by atoms with Gasteiger partial charge in [-0.05, 0) is 18.2 Å². The molecular weight excluding hydrogens is 220 g/mol. The molecule has 0 aliphatic carbocycles. The molecule has 2 N–H and O–H groups in total. The largest absolute Gasteiger partial charge is 0.508 e. The lowest BCUT2D eigenvalue weighted by molar-refractivity contribution is -0.124. The van der Waals surface area contributed by atoms with E-state index in [1.165, 1.54) is 37.3 Å². The highest BCUT2D eigenvalue weighted by Crippen LogP contribution is 2.23. The Bertz CT molecular complexity index is 599. The normalized spacial score (nSPS) is 10.5. The molecule has 0 aliphatic rings. The molecule has 2 rings (SSSR count). The number of aromatic amines is 1. The number of nitrogens with one attached hydrogen (secondary N) is 1. The van der Waals surface area contributed by atoms with Gasteiger partial charge in [-0.1, -0.05) is 0 Å². The van der Waals surface area contributed by atoms with Crippen LogP contribution in [-0.4, -0.2) is 40.8 Å².